The molecule has 0 saturated carbocycles. The molecule has 0 aliphatic heterocycles. The number of halogens is 3. The summed E-state index contributed by atoms with van der Waals surface area (Å²) in [7, 11) is 0. The second-order valence-electron chi connectivity index (χ2n) is 4.48. The van der Waals surface area contributed by atoms with Crippen molar-refractivity contribution in [2.75, 3.05) is 17.2 Å². The van der Waals surface area contributed by atoms with Crippen molar-refractivity contribution < 1.29 is 14.3 Å². The molecule has 0 aliphatic carbocycles. The van der Waals surface area contributed by atoms with Crippen LogP contribution in [-0.2, 0) is 6.42 Å². The highest BCUT2D eigenvalue weighted by Gasteiger charge is 2.10. The molecule has 0 aliphatic rings. The van der Waals surface area contributed by atoms with E-state index in [2.05, 4.69) is 26.6 Å². The molecule has 4 nitrogen and oxygen atoms in total. The van der Waals surface area contributed by atoms with E-state index in [1.165, 1.54) is 12.1 Å². The van der Waals surface area contributed by atoms with Crippen molar-refractivity contribution in [3.05, 3.63) is 57.3 Å². The van der Waals surface area contributed by atoms with Crippen LogP contribution in [0.1, 0.15) is 5.56 Å². The largest absolute Gasteiger partial charge is 0.396 e. The number of aliphatic hydroxyl groups excluding tert-OH is 1. The van der Waals surface area contributed by atoms with E-state index in [9.17, 15) is 9.18 Å². The molecular formula is C15H13BrClFN2O2. The summed E-state index contributed by atoms with van der Waals surface area (Å²) in [4.78, 5) is 12.0. The number of nitrogens with one attached hydrogen (secondary N) is 2. The lowest BCUT2D eigenvalue weighted by Crippen LogP contribution is -2.20. The first-order valence-electron chi connectivity index (χ1n) is 6.42. The van der Waals surface area contributed by atoms with E-state index < -0.39 is 11.8 Å². The maximum atomic E-state index is 13.3. The monoisotopic (exact) mass is 386 g/mol. The summed E-state index contributed by atoms with van der Waals surface area (Å²) < 4.78 is 13.8. The Kier molecular flexibility index (Phi) is 5.76. The number of carbonyl (C=O) groups excluding carboxylic acids is 1. The number of rotatable bonds is 4. The molecular weight excluding hydrogens is 375 g/mol. The number of carbonyl (C=O) groups is 1. The van der Waals surface area contributed by atoms with Crippen LogP contribution in [0.25, 0.3) is 0 Å². The van der Waals surface area contributed by atoms with Gasteiger partial charge in [0.05, 0.1) is 0 Å². The zero-order valence-corrected chi connectivity index (χ0v) is 13.7. The first-order chi connectivity index (χ1) is 10.5. The Hall–Kier alpha value is -1.63. The Morgan fingerprint density at radius 2 is 2.05 bits per heavy atom. The third-order valence-electron chi connectivity index (χ3n) is 2.85. The fourth-order valence-electron chi connectivity index (χ4n) is 1.95. The lowest BCUT2D eigenvalue weighted by atomic mass is 10.1. The molecule has 0 unspecified atom stereocenters. The summed E-state index contributed by atoms with van der Waals surface area (Å²) in [5, 5.41) is 14.7. The van der Waals surface area contributed by atoms with Gasteiger partial charge in [-0.3, -0.25) is 0 Å². The smallest absolute Gasteiger partial charge is 0.323 e. The molecule has 0 saturated heterocycles. The fourth-order valence-corrected chi connectivity index (χ4v) is 2.69. The number of urea groups is 1. The molecule has 2 aromatic rings. The zero-order chi connectivity index (χ0) is 16.1. The minimum Gasteiger partial charge on any atom is -0.396 e. The van der Waals surface area contributed by atoms with E-state index in [0.29, 0.717) is 32.9 Å². The summed E-state index contributed by atoms with van der Waals surface area (Å²) in [6.45, 7) is -0.0864. The van der Waals surface area contributed by atoms with Crippen LogP contribution in [0.2, 0.25) is 5.02 Å². The second-order valence-corrected chi connectivity index (χ2v) is 5.80. The Bertz CT molecular complexity index is 677. The van der Waals surface area contributed by atoms with E-state index in [4.69, 9.17) is 16.7 Å². The molecule has 2 aromatic carbocycles. The molecule has 0 fully saturated rings. The van der Waals surface area contributed by atoms with Crippen molar-refractivity contribution in [1.29, 1.82) is 0 Å². The molecule has 0 bridgehead atoms. The molecule has 3 N–H and O–H groups in total. The summed E-state index contributed by atoms with van der Waals surface area (Å²) in [6, 6.07) is 8.60. The Morgan fingerprint density at radius 1 is 1.27 bits per heavy atom. The van der Waals surface area contributed by atoms with Crippen LogP contribution in [0.4, 0.5) is 20.6 Å². The van der Waals surface area contributed by atoms with Crippen LogP contribution >= 0.6 is 27.5 Å². The number of hydrogen-bond acceptors (Lipinski definition) is 2. The molecule has 0 heterocycles. The topological polar surface area (TPSA) is 61.4 Å². The van der Waals surface area contributed by atoms with Crippen molar-refractivity contribution in [2.45, 2.75) is 6.42 Å². The van der Waals surface area contributed by atoms with Crippen molar-refractivity contribution >= 4 is 44.9 Å². The van der Waals surface area contributed by atoms with Gasteiger partial charge in [-0.2, -0.15) is 0 Å². The highest BCUT2D eigenvalue weighted by Crippen LogP contribution is 2.25. The molecule has 0 atom stereocenters. The second kappa shape index (κ2) is 7.58. The van der Waals surface area contributed by atoms with Crippen molar-refractivity contribution in [3.8, 4) is 0 Å². The van der Waals surface area contributed by atoms with Gasteiger partial charge >= 0.3 is 6.03 Å². The van der Waals surface area contributed by atoms with Gasteiger partial charge in [0.15, 0.2) is 0 Å². The van der Waals surface area contributed by atoms with Crippen LogP contribution in [0.15, 0.2) is 40.9 Å². The number of benzene rings is 2. The van der Waals surface area contributed by atoms with Crippen LogP contribution < -0.4 is 10.6 Å². The van der Waals surface area contributed by atoms with Crippen LogP contribution in [0, 0.1) is 5.82 Å². The fraction of sp³-hybridized carbons (Fsp3) is 0.133. The highest BCUT2D eigenvalue weighted by molar-refractivity contribution is 9.10. The summed E-state index contributed by atoms with van der Waals surface area (Å²) in [5.41, 5.74) is 1.45. The van der Waals surface area contributed by atoms with Gasteiger partial charge in [0.2, 0.25) is 0 Å². The van der Waals surface area contributed by atoms with Gasteiger partial charge < -0.3 is 15.7 Å². The van der Waals surface area contributed by atoms with Crippen LogP contribution in [0.5, 0.6) is 0 Å². The summed E-state index contributed by atoms with van der Waals surface area (Å²) >= 11 is 9.21. The predicted molar refractivity (Wildman–Crippen MR) is 89.0 cm³/mol. The van der Waals surface area contributed by atoms with E-state index in [-0.39, 0.29) is 6.61 Å². The third kappa shape index (κ3) is 4.43. The number of hydrogen-bond donors (Lipinski definition) is 3. The van der Waals surface area contributed by atoms with Crippen LogP contribution in [0.3, 0.4) is 0 Å². The molecule has 0 aromatic heterocycles. The van der Waals surface area contributed by atoms with E-state index in [1.807, 2.05) is 0 Å². The minimum atomic E-state index is -0.529. The number of amides is 2. The lowest BCUT2D eigenvalue weighted by Gasteiger charge is -2.13. The Morgan fingerprint density at radius 3 is 2.73 bits per heavy atom. The van der Waals surface area contributed by atoms with Gasteiger partial charge in [-0.1, -0.05) is 33.6 Å². The average molecular weight is 388 g/mol. The van der Waals surface area contributed by atoms with Gasteiger partial charge in [-0.25, -0.2) is 9.18 Å². The highest BCUT2D eigenvalue weighted by atomic mass is 79.9. The zero-order valence-electron chi connectivity index (χ0n) is 11.4. The van der Waals surface area contributed by atoms with Gasteiger partial charge in [0, 0.05) is 27.5 Å². The average Bonchev–Trinajstić information content (AvgIpc) is 2.41. The van der Waals surface area contributed by atoms with E-state index in [1.54, 1.807) is 24.3 Å². The van der Waals surface area contributed by atoms with E-state index >= 15 is 0 Å². The van der Waals surface area contributed by atoms with Gasteiger partial charge in [-0.05, 0) is 42.3 Å². The molecule has 22 heavy (non-hydrogen) atoms. The molecule has 0 radical (unpaired) electrons. The number of aliphatic hydroxyl groups is 1. The summed E-state index contributed by atoms with van der Waals surface area (Å²) in [6.07, 6.45) is 0.320. The molecule has 0 spiro atoms. The maximum absolute atomic E-state index is 13.3. The SMILES string of the molecule is O=C(Nc1cc(F)cc(Br)c1)Nc1cccc(Cl)c1CCO. The first kappa shape index (κ1) is 16.7. The quantitative estimate of drug-likeness (QED) is 0.727. The van der Waals surface area contributed by atoms with Crippen molar-refractivity contribution in [2.24, 2.45) is 0 Å². The number of anilines is 2. The summed E-state index contributed by atoms with van der Waals surface area (Å²) in [5.74, 6) is -0.464. The Balaban J connectivity index is 2.14. The Labute approximate surface area is 140 Å². The first-order valence-corrected chi connectivity index (χ1v) is 7.59. The normalized spacial score (nSPS) is 10.4. The maximum Gasteiger partial charge on any atom is 0.323 e. The van der Waals surface area contributed by atoms with Crippen molar-refractivity contribution in [1.82, 2.24) is 0 Å². The van der Waals surface area contributed by atoms with E-state index in [0.717, 1.165) is 0 Å². The predicted octanol–water partition coefficient (Wildman–Crippen LogP) is 4.42. The molecule has 2 rings (SSSR count). The van der Waals surface area contributed by atoms with Crippen molar-refractivity contribution in [3.63, 3.8) is 0 Å². The third-order valence-corrected chi connectivity index (χ3v) is 3.66. The minimum absolute atomic E-state index is 0.0864. The van der Waals surface area contributed by atoms with Gasteiger partial charge in [0.1, 0.15) is 5.82 Å². The molecule has 116 valence electrons. The molecule has 2 amide bonds. The molecule has 7 heteroatoms. The van der Waals surface area contributed by atoms with Gasteiger partial charge in [-0.15, -0.1) is 0 Å². The standard InChI is InChI=1S/C15H13BrClFN2O2/c16-9-6-10(18)8-11(7-9)19-15(22)20-14-3-1-2-13(17)12(14)4-5-21/h1-3,6-8,21H,4-5H2,(H2,19,20,22). The van der Waals surface area contributed by atoms with Gasteiger partial charge in [0.25, 0.3) is 0 Å². The lowest BCUT2D eigenvalue weighted by molar-refractivity contribution is 0.262. The van der Waals surface area contributed by atoms with Crippen LogP contribution in [-0.4, -0.2) is 17.7 Å².